The topological polar surface area (TPSA) is 61.4 Å². The van der Waals surface area contributed by atoms with Gasteiger partial charge in [0.1, 0.15) is 0 Å². The van der Waals surface area contributed by atoms with Crippen molar-refractivity contribution in [2.45, 2.75) is 31.8 Å². The molecule has 0 aromatic rings. The number of nitrogens with zero attached hydrogens (tertiary/aromatic N) is 1. The molecule has 1 atom stereocenters. The van der Waals surface area contributed by atoms with Crippen molar-refractivity contribution in [3.05, 3.63) is 0 Å². The van der Waals surface area contributed by atoms with Crippen LogP contribution in [0.3, 0.4) is 0 Å². The molecule has 1 aliphatic heterocycles. The zero-order valence-corrected chi connectivity index (χ0v) is 9.18. The van der Waals surface area contributed by atoms with Crippen molar-refractivity contribution in [3.8, 4) is 0 Å². The van der Waals surface area contributed by atoms with Gasteiger partial charge in [-0.05, 0) is 19.8 Å². The van der Waals surface area contributed by atoms with E-state index in [2.05, 4.69) is 10.0 Å². The summed E-state index contributed by atoms with van der Waals surface area (Å²) in [6, 6.07) is 0.449. The zero-order valence-electron chi connectivity index (χ0n) is 8.36. The van der Waals surface area contributed by atoms with Crippen molar-refractivity contribution in [2.24, 2.45) is 0 Å². The van der Waals surface area contributed by atoms with Crippen molar-refractivity contribution in [1.82, 2.24) is 14.3 Å². The lowest BCUT2D eigenvalue weighted by Crippen LogP contribution is -2.54. The second-order valence-corrected chi connectivity index (χ2v) is 5.81. The highest BCUT2D eigenvalue weighted by atomic mass is 32.2. The summed E-state index contributed by atoms with van der Waals surface area (Å²) in [7, 11) is -3.21. The molecule has 6 heteroatoms. The van der Waals surface area contributed by atoms with E-state index in [0.717, 1.165) is 19.4 Å². The molecule has 0 bridgehead atoms. The summed E-state index contributed by atoms with van der Waals surface area (Å²) in [5, 5.41) is 3.22. The minimum atomic E-state index is -3.21. The van der Waals surface area contributed by atoms with Crippen molar-refractivity contribution < 1.29 is 8.42 Å². The van der Waals surface area contributed by atoms with E-state index in [1.807, 2.05) is 6.92 Å². The quantitative estimate of drug-likeness (QED) is 0.658. The molecule has 1 aliphatic carbocycles. The van der Waals surface area contributed by atoms with Crippen LogP contribution in [0.4, 0.5) is 0 Å². The Balaban J connectivity index is 1.97. The van der Waals surface area contributed by atoms with Crippen LogP contribution in [-0.2, 0) is 10.2 Å². The maximum atomic E-state index is 11.8. The Labute approximate surface area is 85.0 Å². The molecule has 2 rings (SSSR count). The summed E-state index contributed by atoms with van der Waals surface area (Å²) < 4.78 is 27.8. The van der Waals surface area contributed by atoms with E-state index in [1.165, 1.54) is 4.31 Å². The molecular formula is C8H17N3O2S. The van der Waals surface area contributed by atoms with Gasteiger partial charge in [-0.1, -0.05) is 0 Å². The van der Waals surface area contributed by atoms with Crippen LogP contribution in [0.15, 0.2) is 0 Å². The van der Waals surface area contributed by atoms with Crippen molar-refractivity contribution >= 4 is 10.2 Å². The molecule has 2 aliphatic rings. The first-order chi connectivity index (χ1) is 6.58. The maximum absolute atomic E-state index is 11.8. The minimum Gasteiger partial charge on any atom is -0.312 e. The first kappa shape index (κ1) is 10.4. The predicted octanol–water partition coefficient (Wildman–Crippen LogP) is -0.723. The van der Waals surface area contributed by atoms with Crippen molar-refractivity contribution in [2.75, 3.05) is 19.6 Å². The number of piperazine rings is 1. The Morgan fingerprint density at radius 1 is 1.43 bits per heavy atom. The van der Waals surface area contributed by atoms with E-state index >= 15 is 0 Å². The van der Waals surface area contributed by atoms with Gasteiger partial charge in [0.15, 0.2) is 0 Å². The van der Waals surface area contributed by atoms with Gasteiger partial charge in [-0.2, -0.15) is 17.4 Å². The average molecular weight is 219 g/mol. The fourth-order valence-corrected chi connectivity index (χ4v) is 3.16. The van der Waals surface area contributed by atoms with Gasteiger partial charge in [0.05, 0.1) is 0 Å². The van der Waals surface area contributed by atoms with Gasteiger partial charge >= 0.3 is 0 Å². The average Bonchev–Trinajstić information content (AvgIpc) is 2.87. The number of hydrogen-bond acceptors (Lipinski definition) is 3. The van der Waals surface area contributed by atoms with Crippen LogP contribution in [0, 0.1) is 0 Å². The Morgan fingerprint density at radius 3 is 2.71 bits per heavy atom. The van der Waals surface area contributed by atoms with Gasteiger partial charge in [0.25, 0.3) is 10.2 Å². The van der Waals surface area contributed by atoms with E-state index < -0.39 is 10.2 Å². The lowest BCUT2D eigenvalue weighted by Gasteiger charge is -2.30. The first-order valence-electron chi connectivity index (χ1n) is 5.09. The molecule has 0 amide bonds. The van der Waals surface area contributed by atoms with E-state index in [4.69, 9.17) is 0 Å². The summed E-state index contributed by atoms with van der Waals surface area (Å²) >= 11 is 0. The molecule has 82 valence electrons. The Kier molecular flexibility index (Phi) is 2.79. The van der Waals surface area contributed by atoms with Gasteiger partial charge in [-0.3, -0.25) is 0 Å². The molecule has 1 heterocycles. The van der Waals surface area contributed by atoms with Crippen LogP contribution < -0.4 is 10.0 Å². The number of nitrogens with one attached hydrogen (secondary N) is 2. The summed E-state index contributed by atoms with van der Waals surface area (Å²) in [5.74, 6) is 0. The van der Waals surface area contributed by atoms with Gasteiger partial charge in [0, 0.05) is 31.7 Å². The molecule has 5 nitrogen and oxygen atoms in total. The summed E-state index contributed by atoms with van der Waals surface area (Å²) in [4.78, 5) is 0. The predicted molar refractivity (Wildman–Crippen MR) is 54.1 cm³/mol. The molecule has 0 spiro atoms. The van der Waals surface area contributed by atoms with E-state index in [-0.39, 0.29) is 12.1 Å². The lowest BCUT2D eigenvalue weighted by molar-refractivity contribution is 0.306. The second-order valence-electron chi connectivity index (χ2n) is 4.11. The highest BCUT2D eigenvalue weighted by molar-refractivity contribution is 7.87. The van der Waals surface area contributed by atoms with E-state index in [1.54, 1.807) is 0 Å². The van der Waals surface area contributed by atoms with Crippen molar-refractivity contribution in [1.29, 1.82) is 0 Å². The third-order valence-corrected chi connectivity index (χ3v) is 4.21. The molecule has 0 radical (unpaired) electrons. The molecule has 14 heavy (non-hydrogen) atoms. The summed E-state index contributed by atoms with van der Waals surface area (Å²) in [6.07, 6.45) is 1.97. The standard InChI is InChI=1S/C8H17N3O2S/c1-7-6-11(5-4-9-7)14(12,13)10-8-2-3-8/h7-10H,2-6H2,1H3/t7-/m0/s1. The van der Waals surface area contributed by atoms with E-state index in [0.29, 0.717) is 13.1 Å². The third-order valence-electron chi connectivity index (χ3n) is 2.56. The van der Waals surface area contributed by atoms with Crippen molar-refractivity contribution in [3.63, 3.8) is 0 Å². The molecule has 0 aromatic carbocycles. The zero-order chi connectivity index (χ0) is 10.2. The van der Waals surface area contributed by atoms with Crippen LogP contribution in [0.25, 0.3) is 0 Å². The second kappa shape index (κ2) is 3.77. The molecule has 1 saturated carbocycles. The van der Waals surface area contributed by atoms with Crippen LogP contribution in [0.2, 0.25) is 0 Å². The number of rotatable bonds is 3. The largest absolute Gasteiger partial charge is 0.312 e. The monoisotopic (exact) mass is 219 g/mol. The minimum absolute atomic E-state index is 0.199. The van der Waals surface area contributed by atoms with Gasteiger partial charge < -0.3 is 5.32 Å². The van der Waals surface area contributed by atoms with E-state index in [9.17, 15) is 8.42 Å². The Bertz CT molecular complexity index is 300. The normalized spacial score (nSPS) is 30.5. The molecule has 1 saturated heterocycles. The van der Waals surface area contributed by atoms with Crippen LogP contribution in [-0.4, -0.2) is 44.4 Å². The van der Waals surface area contributed by atoms with Gasteiger partial charge in [0.2, 0.25) is 0 Å². The lowest BCUT2D eigenvalue weighted by atomic mass is 10.3. The van der Waals surface area contributed by atoms with Gasteiger partial charge in [-0.15, -0.1) is 0 Å². The maximum Gasteiger partial charge on any atom is 0.279 e. The molecule has 0 aromatic heterocycles. The fourth-order valence-electron chi connectivity index (χ4n) is 1.60. The SMILES string of the molecule is C[C@H]1CN(S(=O)(=O)NC2CC2)CCN1. The molecule has 0 unspecified atom stereocenters. The summed E-state index contributed by atoms with van der Waals surface area (Å²) in [5.41, 5.74) is 0. The first-order valence-corrected chi connectivity index (χ1v) is 6.53. The summed E-state index contributed by atoms with van der Waals surface area (Å²) in [6.45, 7) is 3.89. The van der Waals surface area contributed by atoms with Crippen LogP contribution in [0.1, 0.15) is 19.8 Å². The van der Waals surface area contributed by atoms with Gasteiger partial charge in [-0.25, -0.2) is 0 Å². The smallest absolute Gasteiger partial charge is 0.279 e. The number of hydrogen-bond donors (Lipinski definition) is 2. The molecule has 2 fully saturated rings. The van der Waals surface area contributed by atoms with Crippen LogP contribution in [0.5, 0.6) is 0 Å². The highest BCUT2D eigenvalue weighted by Crippen LogP contribution is 2.20. The van der Waals surface area contributed by atoms with Crippen LogP contribution >= 0.6 is 0 Å². The fraction of sp³-hybridized carbons (Fsp3) is 1.00. The Hall–Kier alpha value is -0.170. The Morgan fingerprint density at radius 2 is 2.14 bits per heavy atom. The third kappa shape index (κ3) is 2.44. The highest BCUT2D eigenvalue weighted by Gasteiger charge is 2.32. The molecule has 2 N–H and O–H groups in total. The molecular weight excluding hydrogens is 202 g/mol.